The molecule has 1 fully saturated rings. The standard InChI is InChI=1S/C29H29ClN4O2/c30-25-12-10-24(11-13-25)28(23-6-2-1-3-7-23)33-18-16-32(17-19-33)20-21-36-27-9-5-4-8-26(27)29(35)34-15-14-31-22-34/h1-15,22,28H,16-21H2. The Morgan fingerprint density at radius 2 is 1.58 bits per heavy atom. The van der Waals surface area contributed by atoms with E-state index in [4.69, 9.17) is 16.3 Å². The predicted molar refractivity (Wildman–Crippen MR) is 142 cm³/mol. The molecule has 0 aliphatic carbocycles. The number of piperazine rings is 1. The van der Waals surface area contributed by atoms with Gasteiger partial charge in [0.15, 0.2) is 0 Å². The summed E-state index contributed by atoms with van der Waals surface area (Å²) in [7, 11) is 0. The van der Waals surface area contributed by atoms with Crippen LogP contribution < -0.4 is 4.74 Å². The molecule has 2 heterocycles. The molecule has 1 aliphatic rings. The third kappa shape index (κ3) is 5.68. The molecule has 0 N–H and O–H groups in total. The molecule has 6 nitrogen and oxygen atoms in total. The number of rotatable bonds is 8. The van der Waals surface area contributed by atoms with Crippen molar-refractivity contribution in [2.24, 2.45) is 0 Å². The Morgan fingerprint density at radius 3 is 2.31 bits per heavy atom. The third-order valence-electron chi connectivity index (χ3n) is 6.59. The van der Waals surface area contributed by atoms with Gasteiger partial charge in [-0.25, -0.2) is 4.98 Å². The maximum Gasteiger partial charge on any atom is 0.266 e. The second kappa shape index (κ2) is 11.5. The van der Waals surface area contributed by atoms with Crippen LogP contribution in [0.15, 0.2) is 97.6 Å². The van der Waals surface area contributed by atoms with Gasteiger partial charge in [-0.1, -0.05) is 66.2 Å². The Morgan fingerprint density at radius 1 is 0.889 bits per heavy atom. The van der Waals surface area contributed by atoms with Gasteiger partial charge in [-0.3, -0.25) is 19.2 Å². The van der Waals surface area contributed by atoms with E-state index >= 15 is 0 Å². The summed E-state index contributed by atoms with van der Waals surface area (Å²) in [5.41, 5.74) is 3.08. The number of halogens is 1. The van der Waals surface area contributed by atoms with E-state index in [0.29, 0.717) is 17.9 Å². The number of para-hydroxylation sites is 1. The molecule has 3 aromatic carbocycles. The Kier molecular flexibility index (Phi) is 7.76. The number of carbonyl (C=O) groups excluding carboxylic acids is 1. The van der Waals surface area contributed by atoms with E-state index in [-0.39, 0.29) is 11.9 Å². The number of hydrogen-bond acceptors (Lipinski definition) is 5. The lowest BCUT2D eigenvalue weighted by molar-refractivity contribution is 0.0936. The summed E-state index contributed by atoms with van der Waals surface area (Å²) in [4.78, 5) is 21.7. The fourth-order valence-electron chi connectivity index (χ4n) is 4.71. The molecule has 1 unspecified atom stereocenters. The van der Waals surface area contributed by atoms with Gasteiger partial charge in [0.2, 0.25) is 0 Å². The Labute approximate surface area is 216 Å². The number of imidazole rings is 1. The van der Waals surface area contributed by atoms with Crippen LogP contribution in [0.1, 0.15) is 27.5 Å². The second-order valence-corrected chi connectivity index (χ2v) is 9.30. The maximum absolute atomic E-state index is 12.8. The quantitative estimate of drug-likeness (QED) is 0.340. The van der Waals surface area contributed by atoms with Gasteiger partial charge >= 0.3 is 0 Å². The Balaban J connectivity index is 1.19. The topological polar surface area (TPSA) is 50.6 Å². The summed E-state index contributed by atoms with van der Waals surface area (Å²) >= 11 is 6.16. The van der Waals surface area contributed by atoms with Gasteiger partial charge in [-0.05, 0) is 35.4 Å². The van der Waals surface area contributed by atoms with Crippen molar-refractivity contribution in [2.75, 3.05) is 39.3 Å². The molecule has 1 aromatic heterocycles. The van der Waals surface area contributed by atoms with Crippen molar-refractivity contribution >= 4 is 17.5 Å². The largest absolute Gasteiger partial charge is 0.491 e. The fourth-order valence-corrected chi connectivity index (χ4v) is 4.84. The molecule has 36 heavy (non-hydrogen) atoms. The van der Waals surface area contributed by atoms with Crippen molar-refractivity contribution in [3.8, 4) is 5.75 Å². The molecule has 1 saturated heterocycles. The van der Waals surface area contributed by atoms with Crippen LogP contribution in [-0.4, -0.2) is 64.6 Å². The van der Waals surface area contributed by atoms with Crippen LogP contribution in [-0.2, 0) is 0 Å². The van der Waals surface area contributed by atoms with E-state index in [1.54, 1.807) is 18.5 Å². The van der Waals surface area contributed by atoms with Crippen LogP contribution in [0.25, 0.3) is 0 Å². The van der Waals surface area contributed by atoms with Gasteiger partial charge in [0.05, 0.1) is 11.6 Å². The second-order valence-electron chi connectivity index (χ2n) is 8.86. The van der Waals surface area contributed by atoms with Crippen LogP contribution in [0.2, 0.25) is 5.02 Å². The van der Waals surface area contributed by atoms with Crippen molar-refractivity contribution in [3.05, 3.63) is 119 Å². The van der Waals surface area contributed by atoms with Crippen molar-refractivity contribution < 1.29 is 9.53 Å². The highest BCUT2D eigenvalue weighted by molar-refractivity contribution is 6.30. The summed E-state index contributed by atoms with van der Waals surface area (Å²) in [6.07, 6.45) is 4.74. The number of carbonyl (C=O) groups is 1. The van der Waals surface area contributed by atoms with Gasteiger partial charge in [0, 0.05) is 50.1 Å². The van der Waals surface area contributed by atoms with Crippen LogP contribution in [0.3, 0.4) is 0 Å². The van der Waals surface area contributed by atoms with Gasteiger partial charge < -0.3 is 4.74 Å². The average Bonchev–Trinajstić information content (AvgIpc) is 3.47. The number of aromatic nitrogens is 2. The minimum Gasteiger partial charge on any atom is -0.491 e. The zero-order valence-electron chi connectivity index (χ0n) is 20.0. The van der Waals surface area contributed by atoms with E-state index in [1.165, 1.54) is 22.0 Å². The fraction of sp³-hybridized carbons (Fsp3) is 0.241. The molecule has 0 amide bonds. The highest BCUT2D eigenvalue weighted by Gasteiger charge is 2.26. The van der Waals surface area contributed by atoms with Crippen molar-refractivity contribution in [1.82, 2.24) is 19.4 Å². The van der Waals surface area contributed by atoms with Gasteiger partial charge in [-0.2, -0.15) is 0 Å². The van der Waals surface area contributed by atoms with E-state index in [9.17, 15) is 4.79 Å². The van der Waals surface area contributed by atoms with Gasteiger partial charge in [0.25, 0.3) is 5.91 Å². The van der Waals surface area contributed by atoms with E-state index in [0.717, 1.165) is 37.7 Å². The monoisotopic (exact) mass is 500 g/mol. The van der Waals surface area contributed by atoms with Crippen LogP contribution in [0.5, 0.6) is 5.75 Å². The number of hydrogen-bond donors (Lipinski definition) is 0. The first-order valence-electron chi connectivity index (χ1n) is 12.2. The molecule has 5 rings (SSSR count). The molecule has 1 aliphatic heterocycles. The first kappa shape index (κ1) is 24.3. The first-order valence-corrected chi connectivity index (χ1v) is 12.6. The summed E-state index contributed by atoms with van der Waals surface area (Å²) < 4.78 is 7.52. The molecule has 7 heteroatoms. The molecule has 0 radical (unpaired) electrons. The van der Waals surface area contributed by atoms with Gasteiger partial charge in [0.1, 0.15) is 18.7 Å². The maximum atomic E-state index is 12.8. The van der Waals surface area contributed by atoms with Crippen LogP contribution >= 0.6 is 11.6 Å². The molecule has 0 bridgehead atoms. The number of ether oxygens (including phenoxy) is 1. The first-order chi connectivity index (χ1) is 17.7. The summed E-state index contributed by atoms with van der Waals surface area (Å²) in [5, 5.41) is 0.753. The molecular weight excluding hydrogens is 472 g/mol. The zero-order chi connectivity index (χ0) is 24.7. The van der Waals surface area contributed by atoms with Crippen molar-refractivity contribution in [3.63, 3.8) is 0 Å². The summed E-state index contributed by atoms with van der Waals surface area (Å²) in [6.45, 7) is 5.15. The van der Waals surface area contributed by atoms with Crippen molar-refractivity contribution in [2.45, 2.75) is 6.04 Å². The normalized spacial score (nSPS) is 15.5. The Hall–Kier alpha value is -3.45. The SMILES string of the molecule is O=C(c1ccccc1OCCN1CCN(C(c2ccccc2)c2ccc(Cl)cc2)CC1)n1ccnc1. The molecular formula is C29H29ClN4O2. The molecule has 0 spiro atoms. The van der Waals surface area contributed by atoms with Gasteiger partial charge in [-0.15, -0.1) is 0 Å². The van der Waals surface area contributed by atoms with Crippen LogP contribution in [0.4, 0.5) is 0 Å². The van der Waals surface area contributed by atoms with E-state index in [1.807, 2.05) is 30.3 Å². The summed E-state index contributed by atoms with van der Waals surface area (Å²) in [6, 6.07) is 26.4. The zero-order valence-corrected chi connectivity index (χ0v) is 20.8. The third-order valence-corrected chi connectivity index (χ3v) is 6.85. The minimum absolute atomic E-state index is 0.147. The summed E-state index contributed by atoms with van der Waals surface area (Å²) in [5.74, 6) is 0.451. The highest BCUT2D eigenvalue weighted by Crippen LogP contribution is 2.30. The number of nitrogens with zero attached hydrogens (tertiary/aromatic N) is 4. The smallest absolute Gasteiger partial charge is 0.266 e. The highest BCUT2D eigenvalue weighted by atomic mass is 35.5. The average molecular weight is 501 g/mol. The molecule has 184 valence electrons. The molecule has 1 atom stereocenters. The van der Waals surface area contributed by atoms with E-state index in [2.05, 4.69) is 57.2 Å². The lowest BCUT2D eigenvalue weighted by Crippen LogP contribution is -2.48. The van der Waals surface area contributed by atoms with E-state index < -0.39 is 0 Å². The molecule has 0 saturated carbocycles. The predicted octanol–water partition coefficient (Wildman–Crippen LogP) is 5.01. The number of benzene rings is 3. The lowest BCUT2D eigenvalue weighted by atomic mass is 9.96. The van der Waals surface area contributed by atoms with Crippen LogP contribution in [0, 0.1) is 0 Å². The minimum atomic E-state index is -0.147. The van der Waals surface area contributed by atoms with Crippen molar-refractivity contribution in [1.29, 1.82) is 0 Å². The molecule has 4 aromatic rings. The lowest BCUT2D eigenvalue weighted by Gasteiger charge is -2.39. The Bertz CT molecular complexity index is 1250.